The summed E-state index contributed by atoms with van der Waals surface area (Å²) in [5.74, 6) is 3.04. The first-order chi connectivity index (χ1) is 35.2. The molecule has 2 aromatic heterocycles. The zero-order valence-corrected chi connectivity index (χ0v) is 42.3. The highest BCUT2D eigenvalue weighted by Gasteiger charge is 2.51. The van der Waals surface area contributed by atoms with E-state index in [1.54, 1.807) is 24.3 Å². The van der Waals surface area contributed by atoms with Crippen LogP contribution in [0.2, 0.25) is 0 Å². The summed E-state index contributed by atoms with van der Waals surface area (Å²) in [7, 11) is 0. The number of aromatic nitrogens is 4. The maximum absolute atomic E-state index is 14.4. The number of para-hydroxylation sites is 1. The van der Waals surface area contributed by atoms with Crippen molar-refractivity contribution in [3.63, 3.8) is 0 Å². The van der Waals surface area contributed by atoms with E-state index in [1.807, 2.05) is 56.6 Å². The number of anilines is 4. The number of phenols is 1. The third-order valence-corrected chi connectivity index (χ3v) is 16.9. The van der Waals surface area contributed by atoms with Crippen LogP contribution in [0, 0.1) is 29.1 Å². The van der Waals surface area contributed by atoms with Crippen LogP contribution in [0.3, 0.4) is 0 Å². The number of benzene rings is 2. The zero-order valence-electron chi connectivity index (χ0n) is 42.3. The van der Waals surface area contributed by atoms with Gasteiger partial charge < -0.3 is 50.9 Å². The van der Waals surface area contributed by atoms with Crippen molar-refractivity contribution in [3.05, 3.63) is 78.1 Å². The molecular formula is C55H70N12O6. The molecule has 73 heavy (non-hydrogen) atoms. The largest absolute Gasteiger partial charge is 0.507 e. The van der Waals surface area contributed by atoms with Crippen LogP contribution in [-0.4, -0.2) is 158 Å². The van der Waals surface area contributed by atoms with E-state index in [2.05, 4.69) is 58.6 Å². The monoisotopic (exact) mass is 995 g/mol. The van der Waals surface area contributed by atoms with Gasteiger partial charge in [-0.2, -0.15) is 0 Å². The molecule has 10 rings (SSSR count). The Hall–Kier alpha value is -6.55. The van der Waals surface area contributed by atoms with Gasteiger partial charge >= 0.3 is 0 Å². The average Bonchev–Trinajstić information content (AvgIpc) is 3.80. The number of nitrogens with zero attached hydrogens (tertiary/aromatic N) is 9. The van der Waals surface area contributed by atoms with Crippen molar-refractivity contribution < 1.29 is 29.7 Å². The van der Waals surface area contributed by atoms with Crippen LogP contribution in [-0.2, 0) is 20.9 Å². The molecule has 5 fully saturated rings. The Kier molecular flexibility index (Phi) is 14.2. The minimum Gasteiger partial charge on any atom is -0.507 e. The van der Waals surface area contributed by atoms with Crippen LogP contribution in [0.5, 0.6) is 5.75 Å². The second kappa shape index (κ2) is 20.8. The lowest BCUT2D eigenvalue weighted by Crippen LogP contribution is -2.61. The Balaban J connectivity index is 0.689. The van der Waals surface area contributed by atoms with Crippen molar-refractivity contribution in [1.29, 1.82) is 0 Å². The number of aromatic hydroxyl groups is 1. The van der Waals surface area contributed by atoms with E-state index < -0.39 is 29.5 Å². The molecule has 2 saturated carbocycles. The molecule has 1 spiro atoms. The summed E-state index contributed by atoms with van der Waals surface area (Å²) in [6.45, 7) is 11.9. The smallest absolute Gasteiger partial charge is 0.246 e. The van der Waals surface area contributed by atoms with Crippen molar-refractivity contribution in [3.8, 4) is 29.4 Å². The number of aliphatic hydroxyl groups excluding tert-OH is 2. The van der Waals surface area contributed by atoms with Gasteiger partial charge in [0.05, 0.1) is 41.6 Å². The highest BCUT2D eigenvalue weighted by molar-refractivity contribution is 5.93. The number of hydrogen-bond donors (Lipinski definition) is 6. The predicted octanol–water partition coefficient (Wildman–Crippen LogP) is 3.76. The topological polar surface area (TPSA) is 216 Å². The number of carbonyl (C=O) groups is 3. The summed E-state index contributed by atoms with van der Waals surface area (Å²) < 4.78 is 0. The summed E-state index contributed by atoms with van der Waals surface area (Å²) in [5.41, 5.74) is 4.30. The number of terminal acetylenes is 1. The van der Waals surface area contributed by atoms with Gasteiger partial charge in [-0.15, -0.1) is 16.6 Å². The minimum absolute atomic E-state index is 0.0187. The van der Waals surface area contributed by atoms with Crippen molar-refractivity contribution in [1.82, 2.24) is 40.6 Å². The van der Waals surface area contributed by atoms with E-state index in [1.165, 1.54) is 4.90 Å². The van der Waals surface area contributed by atoms with Gasteiger partial charge in [-0.1, -0.05) is 44.0 Å². The predicted molar refractivity (Wildman–Crippen MR) is 279 cm³/mol. The molecule has 2 aromatic carbocycles. The molecule has 6 heterocycles. The number of aliphatic hydroxyl groups is 2. The minimum atomic E-state index is -0.989. The Morgan fingerprint density at radius 3 is 2.38 bits per heavy atom. The normalized spacial score (nSPS) is 26.5. The molecular weight excluding hydrogens is 925 g/mol. The molecule has 0 radical (unpaired) electrons. The lowest BCUT2D eigenvalue weighted by Gasteiger charge is -2.57. The van der Waals surface area contributed by atoms with Crippen molar-refractivity contribution in [2.24, 2.45) is 16.7 Å². The van der Waals surface area contributed by atoms with Crippen LogP contribution < -0.4 is 30.7 Å². The van der Waals surface area contributed by atoms with Gasteiger partial charge in [-0.25, -0.2) is 9.97 Å². The van der Waals surface area contributed by atoms with E-state index in [0.29, 0.717) is 23.3 Å². The number of phenolic OH excluding ortho intramolecular Hbond substituents is 1. The summed E-state index contributed by atoms with van der Waals surface area (Å²) >= 11 is 0. The fourth-order valence-electron chi connectivity index (χ4n) is 12.5. The molecule has 18 nitrogen and oxygen atoms in total. The van der Waals surface area contributed by atoms with E-state index in [0.717, 1.165) is 119 Å². The van der Waals surface area contributed by atoms with Crippen molar-refractivity contribution in [2.75, 3.05) is 79.0 Å². The van der Waals surface area contributed by atoms with Crippen LogP contribution >= 0.6 is 0 Å². The van der Waals surface area contributed by atoms with Crippen LogP contribution in [0.15, 0.2) is 67.0 Å². The van der Waals surface area contributed by atoms with Crippen molar-refractivity contribution >= 4 is 40.9 Å². The molecule has 5 atom stereocenters. The highest BCUT2D eigenvalue weighted by Crippen LogP contribution is 2.55. The zero-order chi connectivity index (χ0) is 51.0. The number of carbonyl (C=O) groups excluding carboxylic acids is 3. The number of fused-ring (bicyclic) bond motifs is 3. The standard InChI is InChI=1S/C55H70N12O6/c1-5-36-10-12-37(13-11-36)28-57-51(72)46-24-42(69)34-67(46)52(73)48(54(3,4)18-23-68)60-50(71)38-14-16-55(17-15-38)26-39(27-55)65-21-19-63(32-35(65)2)40-29-58-53(59-30-40)64-20-22-66-41(33-64)31-56-49-45(66)25-44(61-62-49)43-8-6-7-9-47(43)70/h1,6-13,25,29-30,35,38-39,41-42,46,48,68-70H,14-24,26-28,31-34H2,2-4H3,(H,56,62)(H,57,72)(H,60,71)/t35-,38?,39?,41+,42-,46+,48-,55?/m1/s1. The van der Waals surface area contributed by atoms with E-state index in [9.17, 15) is 29.7 Å². The Labute approximate surface area is 428 Å². The van der Waals surface area contributed by atoms with Crippen molar-refractivity contribution in [2.45, 2.75) is 115 Å². The molecule has 2 aliphatic carbocycles. The SMILES string of the molecule is C#Cc1ccc(CNC(=O)[C@@H]2C[C@@H](O)CN2C(=O)[C@@H](NC(=O)C2CCC3(CC2)CC(N2CCN(c4cnc(N5CCN6c7cc(-c8ccccc8O)nnc7NC[C@H]6C5)nc4)C[C@H]2C)C3)C(C)(C)CCO)cc1. The van der Waals surface area contributed by atoms with Gasteiger partial charge in [0.2, 0.25) is 23.7 Å². The summed E-state index contributed by atoms with van der Waals surface area (Å²) in [4.78, 5) is 63.0. The Morgan fingerprint density at radius 1 is 0.932 bits per heavy atom. The van der Waals surface area contributed by atoms with E-state index >= 15 is 0 Å². The summed E-state index contributed by atoms with van der Waals surface area (Å²) in [6, 6.07) is 15.6. The second-order valence-electron chi connectivity index (χ2n) is 22.1. The number of likely N-dealkylation sites (tertiary alicyclic amines) is 1. The summed E-state index contributed by atoms with van der Waals surface area (Å²) in [5, 5.41) is 49.5. The maximum Gasteiger partial charge on any atom is 0.246 e. The van der Waals surface area contributed by atoms with Gasteiger partial charge in [0.25, 0.3) is 0 Å². The first-order valence-corrected chi connectivity index (χ1v) is 26.2. The molecule has 3 saturated heterocycles. The van der Waals surface area contributed by atoms with E-state index in [4.69, 9.17) is 16.4 Å². The second-order valence-corrected chi connectivity index (χ2v) is 22.1. The fraction of sp³-hybridized carbons (Fsp3) is 0.545. The number of hydrogen-bond acceptors (Lipinski definition) is 15. The lowest BCUT2D eigenvalue weighted by molar-refractivity contribution is -0.145. The maximum atomic E-state index is 14.4. The third-order valence-electron chi connectivity index (χ3n) is 16.9. The van der Waals surface area contributed by atoms with Gasteiger partial charge in [-0.05, 0) is 98.6 Å². The molecule has 0 bridgehead atoms. The molecule has 18 heteroatoms. The van der Waals surface area contributed by atoms with Gasteiger partial charge in [-0.3, -0.25) is 19.3 Å². The summed E-state index contributed by atoms with van der Waals surface area (Å²) in [6.07, 6.45) is 14.5. The number of β-amino-alcohol motifs (C(OH)–C–C–N with tert-alkyl or cyclic N) is 1. The first kappa shape index (κ1) is 50.0. The quantitative estimate of drug-likeness (QED) is 0.105. The van der Waals surface area contributed by atoms with Gasteiger partial charge in [0, 0.05) is 101 Å². The molecule has 6 aliphatic rings. The molecule has 3 amide bonds. The number of piperazine rings is 2. The van der Waals surface area contributed by atoms with Crippen LogP contribution in [0.1, 0.15) is 83.3 Å². The number of nitrogens with one attached hydrogen (secondary N) is 3. The van der Waals surface area contributed by atoms with E-state index in [-0.39, 0.29) is 67.5 Å². The van der Waals surface area contributed by atoms with Gasteiger partial charge in [0.1, 0.15) is 17.8 Å². The van der Waals surface area contributed by atoms with Crippen LogP contribution in [0.25, 0.3) is 11.3 Å². The highest BCUT2D eigenvalue weighted by atomic mass is 16.3. The number of rotatable bonds is 13. The molecule has 4 aromatic rings. The molecule has 0 unspecified atom stereocenters. The average molecular weight is 995 g/mol. The van der Waals surface area contributed by atoms with Crippen LogP contribution in [0.4, 0.5) is 23.1 Å². The fourth-order valence-corrected chi connectivity index (χ4v) is 12.5. The first-order valence-electron chi connectivity index (χ1n) is 26.2. The Bertz CT molecular complexity index is 2680. The lowest BCUT2D eigenvalue weighted by atomic mass is 9.56. The van der Waals surface area contributed by atoms with Gasteiger partial charge in [0.15, 0.2) is 5.82 Å². The molecule has 4 aliphatic heterocycles. The number of amides is 3. The third kappa shape index (κ3) is 10.4. The molecule has 386 valence electrons. The Morgan fingerprint density at radius 2 is 1.67 bits per heavy atom. The molecule has 6 N–H and O–H groups in total.